The molecule has 0 spiro atoms. The Morgan fingerprint density at radius 2 is 2.44 bits per heavy atom. The van der Waals surface area contributed by atoms with Crippen molar-refractivity contribution in [1.82, 2.24) is 10.3 Å². The molecule has 1 heterocycles. The molecular formula is C11H13ClN2O2. The van der Waals surface area contributed by atoms with E-state index in [1.807, 2.05) is 0 Å². The largest absolute Gasteiger partial charge is 0.480 e. The van der Waals surface area contributed by atoms with Crippen molar-refractivity contribution < 1.29 is 9.90 Å². The van der Waals surface area contributed by atoms with Gasteiger partial charge in [-0.1, -0.05) is 11.6 Å². The van der Waals surface area contributed by atoms with Crippen LogP contribution in [0.4, 0.5) is 0 Å². The van der Waals surface area contributed by atoms with Crippen LogP contribution in [0.5, 0.6) is 0 Å². The van der Waals surface area contributed by atoms with Crippen LogP contribution in [0.25, 0.3) is 0 Å². The molecule has 2 N–H and O–H groups in total. The van der Waals surface area contributed by atoms with Crippen molar-refractivity contribution in [2.75, 3.05) is 0 Å². The zero-order chi connectivity index (χ0) is 11.5. The van der Waals surface area contributed by atoms with E-state index < -0.39 is 12.0 Å². The summed E-state index contributed by atoms with van der Waals surface area (Å²) in [6.45, 7) is 0.467. The van der Waals surface area contributed by atoms with E-state index >= 15 is 0 Å². The van der Waals surface area contributed by atoms with Gasteiger partial charge in [0.2, 0.25) is 0 Å². The highest BCUT2D eigenvalue weighted by Gasteiger charge is 2.35. The van der Waals surface area contributed by atoms with E-state index in [2.05, 4.69) is 10.3 Å². The van der Waals surface area contributed by atoms with Gasteiger partial charge in [0.25, 0.3) is 0 Å². The third kappa shape index (κ3) is 2.71. The number of carboxylic acid groups (broad SMARTS) is 1. The minimum Gasteiger partial charge on any atom is -0.480 e. The lowest BCUT2D eigenvalue weighted by atomic mass is 10.1. The van der Waals surface area contributed by atoms with E-state index in [0.717, 1.165) is 18.4 Å². The molecule has 0 aromatic carbocycles. The highest BCUT2D eigenvalue weighted by atomic mass is 35.5. The smallest absolute Gasteiger partial charge is 0.320 e. The van der Waals surface area contributed by atoms with Crippen LogP contribution in [0.15, 0.2) is 18.5 Å². The van der Waals surface area contributed by atoms with E-state index in [4.69, 9.17) is 16.7 Å². The van der Waals surface area contributed by atoms with Gasteiger partial charge in [-0.3, -0.25) is 9.78 Å². The number of carboxylic acids is 1. The third-order valence-corrected chi connectivity index (χ3v) is 3.07. The first-order chi connectivity index (χ1) is 7.68. The number of nitrogens with one attached hydrogen (secondary N) is 1. The molecule has 86 valence electrons. The van der Waals surface area contributed by atoms with E-state index in [1.165, 1.54) is 0 Å². The summed E-state index contributed by atoms with van der Waals surface area (Å²) in [7, 11) is 0. The predicted octanol–water partition coefficient (Wildman–Crippen LogP) is 1.69. The van der Waals surface area contributed by atoms with Gasteiger partial charge < -0.3 is 10.4 Å². The molecule has 0 aliphatic heterocycles. The molecule has 1 aromatic rings. The Kier molecular flexibility index (Phi) is 3.41. The van der Waals surface area contributed by atoms with E-state index in [1.54, 1.807) is 18.5 Å². The first-order valence-corrected chi connectivity index (χ1v) is 5.61. The molecule has 2 rings (SSSR count). The van der Waals surface area contributed by atoms with Crippen LogP contribution in [0.3, 0.4) is 0 Å². The molecule has 1 unspecified atom stereocenters. The van der Waals surface area contributed by atoms with Crippen LogP contribution < -0.4 is 5.32 Å². The van der Waals surface area contributed by atoms with Gasteiger partial charge in [0, 0.05) is 18.9 Å². The molecule has 1 fully saturated rings. The van der Waals surface area contributed by atoms with Crippen molar-refractivity contribution in [2.24, 2.45) is 5.92 Å². The Hall–Kier alpha value is -1.13. The maximum atomic E-state index is 11.0. The van der Waals surface area contributed by atoms with Crippen LogP contribution in [0, 0.1) is 5.92 Å². The first-order valence-electron chi connectivity index (χ1n) is 5.23. The number of hydrogen-bond donors (Lipinski definition) is 2. The molecule has 0 radical (unpaired) electrons. The van der Waals surface area contributed by atoms with Gasteiger partial charge in [0.15, 0.2) is 0 Å². The molecule has 0 saturated heterocycles. The summed E-state index contributed by atoms with van der Waals surface area (Å²) in [4.78, 5) is 14.9. The summed E-state index contributed by atoms with van der Waals surface area (Å²) in [5, 5.41) is 12.6. The Morgan fingerprint density at radius 1 is 1.69 bits per heavy atom. The van der Waals surface area contributed by atoms with E-state index in [9.17, 15) is 4.79 Å². The van der Waals surface area contributed by atoms with Gasteiger partial charge in [-0.2, -0.15) is 0 Å². The predicted molar refractivity (Wildman–Crippen MR) is 60.2 cm³/mol. The van der Waals surface area contributed by atoms with Crippen LogP contribution in [-0.4, -0.2) is 22.1 Å². The van der Waals surface area contributed by atoms with Crippen LogP contribution in [0.1, 0.15) is 18.4 Å². The average molecular weight is 241 g/mol. The Labute approximate surface area is 98.6 Å². The van der Waals surface area contributed by atoms with Crippen LogP contribution in [-0.2, 0) is 11.3 Å². The fourth-order valence-electron chi connectivity index (χ4n) is 1.65. The summed E-state index contributed by atoms with van der Waals surface area (Å²) < 4.78 is 0. The average Bonchev–Trinajstić information content (AvgIpc) is 3.04. The maximum Gasteiger partial charge on any atom is 0.320 e. The minimum atomic E-state index is -0.785. The topological polar surface area (TPSA) is 62.2 Å². The highest BCUT2D eigenvalue weighted by molar-refractivity contribution is 6.31. The molecule has 4 nitrogen and oxygen atoms in total. The second-order valence-corrected chi connectivity index (χ2v) is 4.41. The Morgan fingerprint density at radius 3 is 3.00 bits per heavy atom. The monoisotopic (exact) mass is 240 g/mol. The molecule has 0 amide bonds. The third-order valence-electron chi connectivity index (χ3n) is 2.73. The highest BCUT2D eigenvalue weighted by Crippen LogP contribution is 2.33. The molecule has 5 heteroatoms. The quantitative estimate of drug-likeness (QED) is 0.822. The van der Waals surface area contributed by atoms with Crippen LogP contribution >= 0.6 is 11.6 Å². The molecular weight excluding hydrogens is 228 g/mol. The minimum absolute atomic E-state index is 0.276. The summed E-state index contributed by atoms with van der Waals surface area (Å²) in [6, 6.07) is 1.34. The molecule has 1 aliphatic rings. The van der Waals surface area contributed by atoms with Crippen molar-refractivity contribution in [3.63, 3.8) is 0 Å². The Bertz CT molecular complexity index is 393. The summed E-state index contributed by atoms with van der Waals surface area (Å²) in [6.07, 6.45) is 5.20. The van der Waals surface area contributed by atoms with Gasteiger partial charge in [-0.25, -0.2) is 0 Å². The molecule has 16 heavy (non-hydrogen) atoms. The number of aromatic nitrogens is 1. The summed E-state index contributed by atoms with van der Waals surface area (Å²) >= 11 is 5.93. The summed E-state index contributed by atoms with van der Waals surface area (Å²) in [5.74, 6) is -0.509. The van der Waals surface area contributed by atoms with E-state index in [-0.39, 0.29) is 5.92 Å². The fraction of sp³-hybridized carbons (Fsp3) is 0.455. The number of aliphatic carboxylic acids is 1. The standard InChI is InChI=1S/C11H13ClN2O2/c12-9-6-13-4-3-8(9)5-14-10(11(15)16)7-1-2-7/h3-4,6-7,10,14H,1-2,5H2,(H,15,16). The van der Waals surface area contributed by atoms with Gasteiger partial charge >= 0.3 is 5.97 Å². The van der Waals surface area contributed by atoms with E-state index in [0.29, 0.717) is 11.6 Å². The second kappa shape index (κ2) is 4.80. The number of pyridine rings is 1. The van der Waals surface area contributed by atoms with Crippen molar-refractivity contribution in [3.05, 3.63) is 29.0 Å². The zero-order valence-corrected chi connectivity index (χ0v) is 9.44. The maximum absolute atomic E-state index is 11.0. The van der Waals surface area contributed by atoms with Gasteiger partial charge in [-0.05, 0) is 30.4 Å². The second-order valence-electron chi connectivity index (χ2n) is 4.00. The zero-order valence-electron chi connectivity index (χ0n) is 8.69. The number of halogens is 1. The number of hydrogen-bond acceptors (Lipinski definition) is 3. The number of rotatable bonds is 5. The lowest BCUT2D eigenvalue weighted by Gasteiger charge is -2.13. The van der Waals surface area contributed by atoms with Gasteiger partial charge in [0.05, 0.1) is 5.02 Å². The molecule has 0 bridgehead atoms. The van der Waals surface area contributed by atoms with Gasteiger partial charge in [-0.15, -0.1) is 0 Å². The lowest BCUT2D eigenvalue weighted by molar-refractivity contribution is -0.140. The van der Waals surface area contributed by atoms with Crippen molar-refractivity contribution in [3.8, 4) is 0 Å². The van der Waals surface area contributed by atoms with Gasteiger partial charge in [0.1, 0.15) is 6.04 Å². The molecule has 1 atom stereocenters. The molecule has 1 aliphatic carbocycles. The molecule has 1 saturated carbocycles. The van der Waals surface area contributed by atoms with Crippen molar-refractivity contribution in [2.45, 2.75) is 25.4 Å². The summed E-state index contributed by atoms with van der Waals surface area (Å²) in [5.41, 5.74) is 0.878. The first kappa shape index (κ1) is 11.4. The normalized spacial score (nSPS) is 17.1. The SMILES string of the molecule is O=C(O)C(NCc1ccncc1Cl)C1CC1. The van der Waals surface area contributed by atoms with Crippen molar-refractivity contribution >= 4 is 17.6 Å². The Balaban J connectivity index is 1.95. The van der Waals surface area contributed by atoms with Crippen LogP contribution in [0.2, 0.25) is 5.02 Å². The molecule has 1 aromatic heterocycles. The number of nitrogens with zero attached hydrogens (tertiary/aromatic N) is 1. The van der Waals surface area contributed by atoms with Crippen molar-refractivity contribution in [1.29, 1.82) is 0 Å². The number of carbonyl (C=O) groups is 1. The fourth-order valence-corrected chi connectivity index (χ4v) is 1.84. The lowest BCUT2D eigenvalue weighted by Crippen LogP contribution is -2.38.